The SMILES string of the molecule is Cc1ccc(Cc2cc3c(nc2C(=O)Oc2ccccc2)C(C)(C)CN3)cc1. The topological polar surface area (TPSA) is 51.2 Å². The van der Waals surface area contributed by atoms with Crippen molar-refractivity contribution in [2.24, 2.45) is 0 Å². The largest absolute Gasteiger partial charge is 0.422 e. The second-order valence-electron chi connectivity index (χ2n) is 7.99. The van der Waals surface area contributed by atoms with Crippen LogP contribution in [0.4, 0.5) is 5.69 Å². The lowest BCUT2D eigenvalue weighted by atomic mass is 9.90. The number of para-hydroxylation sites is 1. The molecule has 0 bridgehead atoms. The Morgan fingerprint density at radius 2 is 1.82 bits per heavy atom. The number of aryl methyl sites for hydroxylation is 1. The number of esters is 1. The number of nitrogens with zero attached hydrogens (tertiary/aromatic N) is 1. The van der Waals surface area contributed by atoms with Crippen molar-refractivity contribution in [2.45, 2.75) is 32.6 Å². The van der Waals surface area contributed by atoms with Crippen LogP contribution >= 0.6 is 0 Å². The molecule has 2 heterocycles. The molecule has 1 aliphatic rings. The third-order valence-electron chi connectivity index (χ3n) is 5.13. The second kappa shape index (κ2) is 7.12. The number of pyridine rings is 1. The van der Waals surface area contributed by atoms with Gasteiger partial charge in [-0.2, -0.15) is 0 Å². The molecule has 3 aromatic rings. The maximum Gasteiger partial charge on any atom is 0.362 e. The van der Waals surface area contributed by atoms with E-state index in [9.17, 15) is 4.79 Å². The highest BCUT2D eigenvalue weighted by molar-refractivity contribution is 5.91. The zero-order valence-corrected chi connectivity index (χ0v) is 16.5. The van der Waals surface area contributed by atoms with Crippen molar-refractivity contribution < 1.29 is 9.53 Å². The Hall–Kier alpha value is -3.14. The molecule has 0 aliphatic carbocycles. The molecule has 0 radical (unpaired) electrons. The number of hydrogen-bond acceptors (Lipinski definition) is 4. The van der Waals surface area contributed by atoms with E-state index in [4.69, 9.17) is 9.72 Å². The molecule has 0 spiro atoms. The van der Waals surface area contributed by atoms with Crippen molar-refractivity contribution in [3.8, 4) is 5.75 Å². The van der Waals surface area contributed by atoms with Crippen LogP contribution in [0, 0.1) is 6.92 Å². The Balaban J connectivity index is 1.73. The van der Waals surface area contributed by atoms with Gasteiger partial charge < -0.3 is 10.1 Å². The van der Waals surface area contributed by atoms with Crippen LogP contribution in [0.5, 0.6) is 5.75 Å². The first-order chi connectivity index (χ1) is 13.4. The maximum atomic E-state index is 13.0. The molecule has 0 saturated carbocycles. The van der Waals surface area contributed by atoms with E-state index in [-0.39, 0.29) is 5.41 Å². The monoisotopic (exact) mass is 372 g/mol. The highest BCUT2D eigenvalue weighted by atomic mass is 16.5. The first kappa shape index (κ1) is 18.2. The van der Waals surface area contributed by atoms with E-state index in [0.717, 1.165) is 29.1 Å². The van der Waals surface area contributed by atoms with E-state index >= 15 is 0 Å². The number of aromatic nitrogens is 1. The number of nitrogens with one attached hydrogen (secondary N) is 1. The van der Waals surface area contributed by atoms with Crippen molar-refractivity contribution >= 4 is 11.7 Å². The smallest absolute Gasteiger partial charge is 0.362 e. The van der Waals surface area contributed by atoms with Gasteiger partial charge in [-0.15, -0.1) is 0 Å². The third kappa shape index (κ3) is 3.63. The summed E-state index contributed by atoms with van der Waals surface area (Å²) < 4.78 is 5.60. The number of fused-ring (bicyclic) bond motifs is 1. The zero-order chi connectivity index (χ0) is 19.7. The Labute approximate surface area is 165 Å². The Kier molecular flexibility index (Phi) is 4.63. The van der Waals surface area contributed by atoms with Crippen LogP contribution in [0.25, 0.3) is 0 Å². The normalized spacial score (nSPS) is 14.2. The Morgan fingerprint density at radius 3 is 2.54 bits per heavy atom. The lowest BCUT2D eigenvalue weighted by Crippen LogP contribution is -2.22. The van der Waals surface area contributed by atoms with Crippen LogP contribution in [0.2, 0.25) is 0 Å². The van der Waals surface area contributed by atoms with Gasteiger partial charge in [0.1, 0.15) is 5.75 Å². The van der Waals surface area contributed by atoms with Crippen LogP contribution in [0.3, 0.4) is 0 Å². The van der Waals surface area contributed by atoms with Gasteiger partial charge >= 0.3 is 5.97 Å². The lowest BCUT2D eigenvalue weighted by molar-refractivity contribution is 0.0727. The van der Waals surface area contributed by atoms with Crippen molar-refractivity contribution in [2.75, 3.05) is 11.9 Å². The van der Waals surface area contributed by atoms with Gasteiger partial charge in [0, 0.05) is 12.0 Å². The molecule has 1 aliphatic heterocycles. The van der Waals surface area contributed by atoms with E-state index in [1.165, 1.54) is 5.56 Å². The molecule has 4 heteroatoms. The molecule has 4 nitrogen and oxygen atoms in total. The van der Waals surface area contributed by atoms with Crippen LogP contribution in [-0.4, -0.2) is 17.5 Å². The van der Waals surface area contributed by atoms with Gasteiger partial charge in [-0.05, 0) is 42.7 Å². The lowest BCUT2D eigenvalue weighted by Gasteiger charge is -2.18. The summed E-state index contributed by atoms with van der Waals surface area (Å²) in [6, 6.07) is 19.5. The summed E-state index contributed by atoms with van der Waals surface area (Å²) >= 11 is 0. The van der Waals surface area contributed by atoms with Crippen molar-refractivity contribution in [3.63, 3.8) is 0 Å². The van der Waals surface area contributed by atoms with Gasteiger partial charge in [0.25, 0.3) is 0 Å². The molecule has 0 fully saturated rings. The molecule has 0 amide bonds. The molecule has 1 N–H and O–H groups in total. The number of anilines is 1. The first-order valence-corrected chi connectivity index (χ1v) is 9.53. The summed E-state index contributed by atoms with van der Waals surface area (Å²) in [7, 11) is 0. The van der Waals surface area contributed by atoms with Crippen molar-refractivity contribution in [3.05, 3.63) is 88.7 Å². The third-order valence-corrected chi connectivity index (χ3v) is 5.13. The number of carbonyl (C=O) groups excluding carboxylic acids is 1. The molecule has 0 unspecified atom stereocenters. The van der Waals surface area contributed by atoms with Crippen LogP contribution in [0.1, 0.15) is 46.7 Å². The summed E-state index contributed by atoms with van der Waals surface area (Å²) in [4.78, 5) is 17.8. The minimum absolute atomic E-state index is 0.125. The van der Waals surface area contributed by atoms with Crippen molar-refractivity contribution in [1.82, 2.24) is 4.98 Å². The summed E-state index contributed by atoms with van der Waals surface area (Å²) in [5.74, 6) is 0.104. The van der Waals surface area contributed by atoms with Crippen molar-refractivity contribution in [1.29, 1.82) is 0 Å². The summed E-state index contributed by atoms with van der Waals surface area (Å²) in [6.45, 7) is 7.13. The second-order valence-corrected chi connectivity index (χ2v) is 7.99. The average Bonchev–Trinajstić information content (AvgIpc) is 2.98. The molecule has 1 aromatic heterocycles. The predicted molar refractivity (Wildman–Crippen MR) is 111 cm³/mol. The number of benzene rings is 2. The van der Waals surface area contributed by atoms with Gasteiger partial charge in [0.15, 0.2) is 5.69 Å². The fourth-order valence-corrected chi connectivity index (χ4v) is 3.49. The van der Waals surface area contributed by atoms with Gasteiger partial charge in [0.2, 0.25) is 0 Å². The molecule has 0 saturated heterocycles. The van der Waals surface area contributed by atoms with Gasteiger partial charge in [-0.1, -0.05) is 61.9 Å². The van der Waals surface area contributed by atoms with Gasteiger partial charge in [-0.25, -0.2) is 9.78 Å². The maximum absolute atomic E-state index is 13.0. The van der Waals surface area contributed by atoms with Crippen LogP contribution in [-0.2, 0) is 11.8 Å². The minimum atomic E-state index is -0.418. The summed E-state index contributed by atoms with van der Waals surface area (Å²) in [5, 5.41) is 3.43. The summed E-state index contributed by atoms with van der Waals surface area (Å²) in [5.41, 5.74) is 5.40. The number of ether oxygens (including phenoxy) is 1. The standard InChI is InChI=1S/C24H24N2O2/c1-16-9-11-17(12-10-16)13-18-14-20-22(24(2,3)15-25-20)26-21(18)23(27)28-19-7-5-4-6-8-19/h4-12,14,25H,13,15H2,1-3H3. The Bertz CT molecular complexity index is 1010. The zero-order valence-electron chi connectivity index (χ0n) is 16.5. The molecule has 142 valence electrons. The van der Waals surface area contributed by atoms with Crippen LogP contribution < -0.4 is 10.1 Å². The fraction of sp³-hybridized carbons (Fsp3) is 0.250. The first-order valence-electron chi connectivity index (χ1n) is 9.53. The number of rotatable bonds is 4. The minimum Gasteiger partial charge on any atom is -0.422 e. The quantitative estimate of drug-likeness (QED) is 0.523. The van der Waals surface area contributed by atoms with E-state index in [0.29, 0.717) is 17.9 Å². The Morgan fingerprint density at radius 1 is 1.11 bits per heavy atom. The predicted octanol–water partition coefficient (Wildman–Crippen LogP) is 4.90. The summed E-state index contributed by atoms with van der Waals surface area (Å²) in [6.07, 6.45) is 0.627. The van der Waals surface area contributed by atoms with Crippen LogP contribution in [0.15, 0.2) is 60.7 Å². The highest BCUT2D eigenvalue weighted by Crippen LogP contribution is 2.36. The van der Waals surface area contributed by atoms with E-state index in [2.05, 4.69) is 56.4 Å². The average molecular weight is 372 g/mol. The van der Waals surface area contributed by atoms with E-state index in [1.807, 2.05) is 18.2 Å². The van der Waals surface area contributed by atoms with Gasteiger partial charge in [0.05, 0.1) is 11.4 Å². The van der Waals surface area contributed by atoms with E-state index < -0.39 is 5.97 Å². The molecule has 28 heavy (non-hydrogen) atoms. The van der Waals surface area contributed by atoms with Gasteiger partial charge in [-0.3, -0.25) is 0 Å². The number of hydrogen-bond donors (Lipinski definition) is 1. The molecular weight excluding hydrogens is 348 g/mol. The molecule has 4 rings (SSSR count). The highest BCUT2D eigenvalue weighted by Gasteiger charge is 2.33. The van der Waals surface area contributed by atoms with E-state index in [1.54, 1.807) is 12.1 Å². The number of carbonyl (C=O) groups is 1. The fourth-order valence-electron chi connectivity index (χ4n) is 3.49. The molecule has 0 atom stereocenters. The molecular formula is C24H24N2O2. The molecule has 2 aromatic carbocycles.